The Balaban J connectivity index is 2.40. The van der Waals surface area contributed by atoms with Crippen LogP contribution in [0.25, 0.3) is 0 Å². The zero-order valence-corrected chi connectivity index (χ0v) is 10.4. The van der Waals surface area contributed by atoms with E-state index in [9.17, 15) is 0 Å². The van der Waals surface area contributed by atoms with Crippen LogP contribution in [-0.4, -0.2) is 17.0 Å². The van der Waals surface area contributed by atoms with Crippen LogP contribution in [0.15, 0.2) is 36.7 Å². The van der Waals surface area contributed by atoms with Gasteiger partial charge in [0.1, 0.15) is 0 Å². The molecule has 0 radical (unpaired) electrons. The van der Waals surface area contributed by atoms with Gasteiger partial charge in [-0.25, -0.2) is 0 Å². The fourth-order valence-corrected chi connectivity index (χ4v) is 1.93. The lowest BCUT2D eigenvalue weighted by Gasteiger charge is -2.18. The van der Waals surface area contributed by atoms with Crippen molar-refractivity contribution in [1.29, 1.82) is 0 Å². The van der Waals surface area contributed by atoms with Gasteiger partial charge in [-0.3, -0.25) is 9.97 Å². The molecule has 0 saturated heterocycles. The smallest absolute Gasteiger partial charge is 0.0801 e. The molecule has 0 fully saturated rings. The highest BCUT2D eigenvalue weighted by Crippen LogP contribution is 2.22. The Morgan fingerprint density at radius 2 is 1.82 bits per heavy atom. The van der Waals surface area contributed by atoms with Crippen molar-refractivity contribution in [1.82, 2.24) is 15.3 Å². The second-order valence-corrected chi connectivity index (χ2v) is 4.16. The molecule has 0 amide bonds. The van der Waals surface area contributed by atoms with Crippen LogP contribution in [-0.2, 0) is 0 Å². The molecule has 1 atom stereocenters. The van der Waals surface area contributed by atoms with Gasteiger partial charge in [0, 0.05) is 6.20 Å². The minimum atomic E-state index is 0.101. The normalized spacial score (nSPS) is 12.4. The molecule has 0 spiro atoms. The lowest BCUT2D eigenvalue weighted by Crippen LogP contribution is -2.20. The molecule has 1 aromatic heterocycles. The maximum Gasteiger partial charge on any atom is 0.0801 e. The van der Waals surface area contributed by atoms with E-state index in [2.05, 4.69) is 34.3 Å². The monoisotopic (exact) mass is 227 g/mol. The van der Waals surface area contributed by atoms with Crippen LogP contribution in [0.4, 0.5) is 0 Å². The Labute approximate surface area is 102 Å². The van der Waals surface area contributed by atoms with E-state index in [0.29, 0.717) is 0 Å². The zero-order valence-electron chi connectivity index (χ0n) is 10.4. The summed E-state index contributed by atoms with van der Waals surface area (Å²) in [4.78, 5) is 8.74. The third-order valence-electron chi connectivity index (χ3n) is 2.88. The molecule has 88 valence electrons. The third-order valence-corrected chi connectivity index (χ3v) is 2.88. The van der Waals surface area contributed by atoms with Crippen molar-refractivity contribution in [2.45, 2.75) is 19.9 Å². The van der Waals surface area contributed by atoms with Crippen LogP contribution >= 0.6 is 0 Å². The highest BCUT2D eigenvalue weighted by atomic mass is 14.9. The maximum absolute atomic E-state index is 4.44. The van der Waals surface area contributed by atoms with Crippen LogP contribution in [0, 0.1) is 13.8 Å². The first-order chi connectivity index (χ1) is 8.22. The molecule has 17 heavy (non-hydrogen) atoms. The molecule has 3 nitrogen and oxygen atoms in total. The van der Waals surface area contributed by atoms with Crippen LogP contribution in [0.2, 0.25) is 0 Å². The minimum absolute atomic E-state index is 0.101. The van der Waals surface area contributed by atoms with E-state index in [0.717, 1.165) is 11.4 Å². The van der Waals surface area contributed by atoms with Gasteiger partial charge in [0.25, 0.3) is 0 Å². The second kappa shape index (κ2) is 5.06. The van der Waals surface area contributed by atoms with E-state index < -0.39 is 0 Å². The lowest BCUT2D eigenvalue weighted by atomic mass is 9.99. The summed E-state index contributed by atoms with van der Waals surface area (Å²) in [5.74, 6) is 0. The highest BCUT2D eigenvalue weighted by Gasteiger charge is 2.15. The van der Waals surface area contributed by atoms with Crippen LogP contribution in [0.5, 0.6) is 0 Å². The Morgan fingerprint density at radius 3 is 2.41 bits per heavy atom. The molecule has 0 bridgehead atoms. The van der Waals surface area contributed by atoms with Crippen molar-refractivity contribution < 1.29 is 0 Å². The molecular formula is C14H17N3. The van der Waals surface area contributed by atoms with Gasteiger partial charge in [0.2, 0.25) is 0 Å². The van der Waals surface area contributed by atoms with Crippen LogP contribution in [0.3, 0.4) is 0 Å². The van der Waals surface area contributed by atoms with Crippen molar-refractivity contribution >= 4 is 0 Å². The van der Waals surface area contributed by atoms with Crippen molar-refractivity contribution in [2.75, 3.05) is 7.05 Å². The number of nitrogens with one attached hydrogen (secondary N) is 1. The van der Waals surface area contributed by atoms with E-state index >= 15 is 0 Å². The Kier molecular flexibility index (Phi) is 3.49. The highest BCUT2D eigenvalue weighted by molar-refractivity contribution is 5.33. The summed E-state index contributed by atoms with van der Waals surface area (Å²) in [6.07, 6.45) is 3.64. The maximum atomic E-state index is 4.44. The predicted octanol–water partition coefficient (Wildman–Crippen LogP) is 2.40. The molecule has 2 aromatic rings. The molecule has 0 aliphatic carbocycles. The number of aromatic nitrogens is 2. The molecule has 3 heteroatoms. The van der Waals surface area contributed by atoms with E-state index in [1.54, 1.807) is 6.20 Å². The lowest BCUT2D eigenvalue weighted by molar-refractivity contribution is 0.662. The third kappa shape index (κ3) is 2.50. The quantitative estimate of drug-likeness (QED) is 0.875. The molecule has 1 aromatic carbocycles. The number of benzene rings is 1. The van der Waals surface area contributed by atoms with Gasteiger partial charge in [-0.05, 0) is 32.0 Å². The van der Waals surface area contributed by atoms with Gasteiger partial charge in [-0.15, -0.1) is 0 Å². The molecule has 0 saturated carbocycles. The van der Waals surface area contributed by atoms with Crippen LogP contribution < -0.4 is 5.32 Å². The van der Waals surface area contributed by atoms with Crippen molar-refractivity contribution in [3.63, 3.8) is 0 Å². The summed E-state index contributed by atoms with van der Waals surface area (Å²) in [7, 11) is 1.94. The summed E-state index contributed by atoms with van der Waals surface area (Å²) in [5, 5.41) is 3.29. The number of nitrogens with zero attached hydrogens (tertiary/aromatic N) is 2. The topological polar surface area (TPSA) is 37.8 Å². The summed E-state index contributed by atoms with van der Waals surface area (Å²) in [5.41, 5.74) is 4.39. The molecule has 1 N–H and O–H groups in total. The van der Waals surface area contributed by atoms with Gasteiger partial charge in [0.15, 0.2) is 0 Å². The van der Waals surface area contributed by atoms with E-state index in [4.69, 9.17) is 0 Å². The van der Waals surface area contributed by atoms with Gasteiger partial charge >= 0.3 is 0 Å². The number of aryl methyl sites for hydroxylation is 2. The fraction of sp³-hybridized carbons (Fsp3) is 0.286. The standard InChI is InChI=1S/C14H17N3/c1-10-6-4-5-7-12(10)14(15-3)13-9-16-11(2)8-17-13/h4-9,14-15H,1-3H3. The largest absolute Gasteiger partial charge is 0.308 e. The molecule has 1 unspecified atom stereocenters. The first kappa shape index (κ1) is 11.7. The van der Waals surface area contributed by atoms with Gasteiger partial charge in [0.05, 0.1) is 23.6 Å². The summed E-state index contributed by atoms with van der Waals surface area (Å²) in [6.45, 7) is 4.06. The SMILES string of the molecule is CNC(c1cnc(C)cn1)c1ccccc1C. The summed E-state index contributed by atoms with van der Waals surface area (Å²) < 4.78 is 0. The number of rotatable bonds is 3. The number of hydrogen-bond acceptors (Lipinski definition) is 3. The Bertz CT molecular complexity index is 491. The zero-order chi connectivity index (χ0) is 12.3. The van der Waals surface area contributed by atoms with Crippen LogP contribution in [0.1, 0.15) is 28.6 Å². The molecule has 1 heterocycles. The molecule has 0 aliphatic heterocycles. The van der Waals surface area contributed by atoms with Crippen molar-refractivity contribution in [3.05, 3.63) is 59.2 Å². The Hall–Kier alpha value is -1.74. The van der Waals surface area contributed by atoms with E-state index in [-0.39, 0.29) is 6.04 Å². The summed E-state index contributed by atoms with van der Waals surface area (Å²) in [6, 6.07) is 8.43. The Morgan fingerprint density at radius 1 is 1.06 bits per heavy atom. The number of hydrogen-bond donors (Lipinski definition) is 1. The second-order valence-electron chi connectivity index (χ2n) is 4.16. The van der Waals surface area contributed by atoms with Gasteiger partial charge in [-0.2, -0.15) is 0 Å². The van der Waals surface area contributed by atoms with Crippen molar-refractivity contribution in [2.24, 2.45) is 0 Å². The molecular weight excluding hydrogens is 210 g/mol. The molecule has 0 aliphatic rings. The average molecular weight is 227 g/mol. The fourth-order valence-electron chi connectivity index (χ4n) is 1.93. The molecule has 2 rings (SSSR count). The first-order valence-electron chi connectivity index (χ1n) is 5.73. The average Bonchev–Trinajstić information content (AvgIpc) is 2.35. The van der Waals surface area contributed by atoms with Crippen molar-refractivity contribution in [3.8, 4) is 0 Å². The predicted molar refractivity (Wildman–Crippen MR) is 68.9 cm³/mol. The first-order valence-corrected chi connectivity index (χ1v) is 5.73. The van der Waals surface area contributed by atoms with Gasteiger partial charge < -0.3 is 5.32 Å². The van der Waals surface area contributed by atoms with Gasteiger partial charge in [-0.1, -0.05) is 24.3 Å². The van der Waals surface area contributed by atoms with E-state index in [1.165, 1.54) is 11.1 Å². The van der Waals surface area contributed by atoms with E-state index in [1.807, 2.05) is 32.3 Å². The minimum Gasteiger partial charge on any atom is -0.308 e. The summed E-state index contributed by atoms with van der Waals surface area (Å²) >= 11 is 0.